The van der Waals surface area contributed by atoms with Crippen molar-refractivity contribution in [2.45, 2.75) is 0 Å². The highest BCUT2D eigenvalue weighted by atomic mass is 14.8. The van der Waals surface area contributed by atoms with Gasteiger partial charge < -0.3 is 4.98 Å². The summed E-state index contributed by atoms with van der Waals surface area (Å²) >= 11 is 0. The monoisotopic (exact) mass is 624 g/mol. The Balaban J connectivity index is 1.36. The van der Waals surface area contributed by atoms with Gasteiger partial charge in [0, 0.05) is 21.9 Å². The first kappa shape index (κ1) is 27.5. The maximum atomic E-state index is 5.31. The molecule has 0 atom stereocenters. The number of aromatic amines is 1. The van der Waals surface area contributed by atoms with Crippen molar-refractivity contribution >= 4 is 21.8 Å². The molecule has 9 aromatic rings. The molecule has 5 heterocycles. The number of nitrogens with zero attached hydrogens (tertiary/aromatic N) is 3. The van der Waals surface area contributed by atoms with Crippen molar-refractivity contribution in [3.05, 3.63) is 164 Å². The van der Waals surface area contributed by atoms with E-state index in [0.29, 0.717) is 0 Å². The Morgan fingerprint density at radius 2 is 0.653 bits per heavy atom. The van der Waals surface area contributed by atoms with E-state index >= 15 is 0 Å². The van der Waals surface area contributed by atoms with Gasteiger partial charge in [0.05, 0.1) is 45.2 Å². The van der Waals surface area contributed by atoms with Gasteiger partial charge in [0.15, 0.2) is 0 Å². The fourth-order valence-electron chi connectivity index (χ4n) is 7.15. The molecule has 0 fully saturated rings. The highest BCUT2D eigenvalue weighted by Gasteiger charge is 2.20. The van der Waals surface area contributed by atoms with Crippen molar-refractivity contribution in [3.63, 3.8) is 0 Å². The Morgan fingerprint density at radius 3 is 1.08 bits per heavy atom. The van der Waals surface area contributed by atoms with Gasteiger partial charge in [-0.3, -0.25) is 0 Å². The van der Waals surface area contributed by atoms with Gasteiger partial charge in [-0.1, -0.05) is 103 Å². The molecule has 8 bridgehead atoms. The van der Waals surface area contributed by atoms with E-state index in [1.807, 2.05) is 18.2 Å². The van der Waals surface area contributed by atoms with E-state index in [1.165, 1.54) is 0 Å². The zero-order chi connectivity index (χ0) is 32.3. The Morgan fingerprint density at radius 1 is 0.286 bits per heavy atom. The molecule has 10 rings (SSSR count). The van der Waals surface area contributed by atoms with Crippen molar-refractivity contribution in [2.75, 3.05) is 0 Å². The molecule has 0 aliphatic carbocycles. The van der Waals surface area contributed by atoms with Crippen molar-refractivity contribution < 1.29 is 0 Å². The minimum atomic E-state index is 0.805. The molecule has 5 aromatic carbocycles. The fourth-order valence-corrected chi connectivity index (χ4v) is 7.15. The number of nitrogens with one attached hydrogen (secondary N) is 1. The predicted octanol–water partition coefficient (Wildman–Crippen LogP) is 11.5. The molecule has 1 N–H and O–H groups in total. The van der Waals surface area contributed by atoms with E-state index in [9.17, 15) is 0 Å². The lowest BCUT2D eigenvalue weighted by Crippen LogP contribution is -1.97. The number of rotatable bonds is 3. The van der Waals surface area contributed by atoms with E-state index in [-0.39, 0.29) is 0 Å². The topological polar surface area (TPSA) is 54.5 Å². The summed E-state index contributed by atoms with van der Waals surface area (Å²) in [5.41, 5.74) is 16.0. The van der Waals surface area contributed by atoms with E-state index < -0.39 is 0 Å². The molecule has 228 valence electrons. The predicted molar refractivity (Wildman–Crippen MR) is 201 cm³/mol. The molecular weight excluding hydrogens is 597 g/mol. The van der Waals surface area contributed by atoms with Crippen LogP contribution in [0.3, 0.4) is 0 Å². The van der Waals surface area contributed by atoms with Crippen LogP contribution in [0.2, 0.25) is 0 Å². The smallest absolute Gasteiger partial charge is 0.0900 e. The molecule has 1 aliphatic rings. The average molecular weight is 625 g/mol. The molecule has 4 aromatic heterocycles. The second-order valence-electron chi connectivity index (χ2n) is 12.6. The van der Waals surface area contributed by atoms with Gasteiger partial charge in [-0.25, -0.2) is 15.0 Å². The quantitative estimate of drug-likeness (QED) is 0.213. The van der Waals surface area contributed by atoms with Crippen LogP contribution in [0.1, 0.15) is 0 Å². The van der Waals surface area contributed by atoms with E-state index in [4.69, 9.17) is 15.0 Å². The molecule has 49 heavy (non-hydrogen) atoms. The lowest BCUT2D eigenvalue weighted by molar-refractivity contribution is 1.22. The third-order valence-corrected chi connectivity index (χ3v) is 9.54. The molecule has 0 unspecified atom stereocenters. The van der Waals surface area contributed by atoms with Crippen molar-refractivity contribution in [1.82, 2.24) is 19.9 Å². The third kappa shape index (κ3) is 4.65. The Hall–Kier alpha value is -6.65. The minimum Gasteiger partial charge on any atom is -0.353 e. The summed E-state index contributed by atoms with van der Waals surface area (Å²) in [6.45, 7) is 0. The van der Waals surface area contributed by atoms with Crippen molar-refractivity contribution in [2.24, 2.45) is 0 Å². The number of hydrogen-bond acceptors (Lipinski definition) is 3. The van der Waals surface area contributed by atoms with Gasteiger partial charge in [-0.05, 0) is 94.0 Å². The Bertz CT molecular complexity index is 2530. The lowest BCUT2D eigenvalue weighted by atomic mass is 9.95. The molecule has 0 amide bonds. The van der Waals surface area contributed by atoms with Crippen LogP contribution in [0.4, 0.5) is 0 Å². The zero-order valence-electron chi connectivity index (χ0n) is 26.4. The summed E-state index contributed by atoms with van der Waals surface area (Å²) in [6, 6.07) is 57.5. The number of fused-ring (bicyclic) bond motifs is 11. The average Bonchev–Trinajstić information content (AvgIpc) is 3.56. The van der Waals surface area contributed by atoms with E-state index in [1.54, 1.807) is 0 Å². The number of H-pyrrole nitrogens is 1. The molecule has 4 heteroatoms. The molecule has 0 saturated heterocycles. The van der Waals surface area contributed by atoms with Crippen LogP contribution < -0.4 is 0 Å². The molecule has 1 aliphatic heterocycles. The van der Waals surface area contributed by atoms with Crippen LogP contribution in [-0.2, 0) is 0 Å². The summed E-state index contributed by atoms with van der Waals surface area (Å²) in [7, 11) is 0. The number of benzene rings is 5. The van der Waals surface area contributed by atoms with Gasteiger partial charge >= 0.3 is 0 Å². The number of pyridine rings is 3. The van der Waals surface area contributed by atoms with Gasteiger partial charge in [-0.15, -0.1) is 0 Å². The fraction of sp³-hybridized carbons (Fsp3) is 0. The summed E-state index contributed by atoms with van der Waals surface area (Å²) in [4.78, 5) is 19.7. The van der Waals surface area contributed by atoms with Gasteiger partial charge in [0.2, 0.25) is 0 Å². The molecule has 4 nitrogen and oxygen atoms in total. The Kier molecular flexibility index (Phi) is 6.15. The second kappa shape index (κ2) is 11.0. The van der Waals surface area contributed by atoms with Crippen LogP contribution in [0.25, 0.3) is 100 Å². The SMILES string of the molecule is c1ccc(-c2cc3nc(c2)-c2cccc(n2)-c2cc(-c4ccccc4)cc4c2[nH]c2c(cc(-c5ccccc5)cc24)-c2cccc-3n2)cc1. The summed E-state index contributed by atoms with van der Waals surface area (Å²) in [5, 5.41) is 2.29. The van der Waals surface area contributed by atoms with Gasteiger partial charge in [-0.2, -0.15) is 0 Å². The van der Waals surface area contributed by atoms with E-state index in [0.717, 1.165) is 100 Å². The van der Waals surface area contributed by atoms with Gasteiger partial charge in [0.1, 0.15) is 0 Å². The largest absolute Gasteiger partial charge is 0.353 e. The first-order valence-corrected chi connectivity index (χ1v) is 16.5. The molecule has 0 spiro atoms. The first-order chi connectivity index (χ1) is 24.2. The summed E-state index contributed by atoms with van der Waals surface area (Å²) < 4.78 is 0. The second-order valence-corrected chi connectivity index (χ2v) is 12.6. The molecular formula is C45H28N4. The Labute approximate surface area is 283 Å². The highest BCUT2D eigenvalue weighted by molar-refractivity contribution is 6.17. The zero-order valence-corrected chi connectivity index (χ0v) is 26.4. The lowest BCUT2D eigenvalue weighted by Gasteiger charge is -2.13. The van der Waals surface area contributed by atoms with Crippen molar-refractivity contribution in [1.29, 1.82) is 0 Å². The highest BCUT2D eigenvalue weighted by Crippen LogP contribution is 2.43. The number of aromatic nitrogens is 4. The maximum Gasteiger partial charge on any atom is 0.0900 e. The van der Waals surface area contributed by atoms with Gasteiger partial charge in [0.25, 0.3) is 0 Å². The normalized spacial score (nSPS) is 11.7. The van der Waals surface area contributed by atoms with Crippen LogP contribution in [0.5, 0.6) is 0 Å². The van der Waals surface area contributed by atoms with Crippen molar-refractivity contribution in [3.8, 4) is 78.7 Å². The molecule has 0 radical (unpaired) electrons. The third-order valence-electron chi connectivity index (χ3n) is 9.54. The standard InChI is InChI=1S/C45H28N4/c1-4-12-28(13-5-1)31-22-34-35-23-32(29-14-6-2-7-15-29)25-37-39-19-11-21-41(47-39)43-27-33(30-16-8-3-9-17-30)26-42(48-43)40-20-10-18-38(46-40)36(24-31)44(34)49-45(35)37/h1-27,49H. The summed E-state index contributed by atoms with van der Waals surface area (Å²) in [6.07, 6.45) is 0. The van der Waals surface area contributed by atoms with E-state index in [2.05, 4.69) is 151 Å². The maximum absolute atomic E-state index is 5.31. The summed E-state index contributed by atoms with van der Waals surface area (Å²) in [5.74, 6) is 0. The van der Waals surface area contributed by atoms with Crippen LogP contribution in [0, 0.1) is 0 Å². The minimum absolute atomic E-state index is 0.805. The van der Waals surface area contributed by atoms with Crippen LogP contribution in [-0.4, -0.2) is 19.9 Å². The molecule has 0 saturated carbocycles. The first-order valence-electron chi connectivity index (χ1n) is 16.5. The number of hydrogen-bond donors (Lipinski definition) is 1. The van der Waals surface area contributed by atoms with Crippen LogP contribution >= 0.6 is 0 Å². The van der Waals surface area contributed by atoms with Crippen LogP contribution in [0.15, 0.2) is 164 Å².